The Hall–Kier alpha value is 0. The first-order chi connectivity index (χ1) is 7.05. The lowest BCUT2D eigenvalue weighted by molar-refractivity contribution is 0.323. The van der Waals surface area contributed by atoms with Gasteiger partial charge in [0, 0.05) is 0 Å². The Labute approximate surface area is 96.8 Å². The molecule has 0 heterocycles. The minimum Gasteiger partial charge on any atom is -0.0654 e. The molecule has 0 spiro atoms. The summed E-state index contributed by atoms with van der Waals surface area (Å²) in [5, 5.41) is 0. The van der Waals surface area contributed by atoms with Crippen LogP contribution in [0.2, 0.25) is 0 Å². The van der Waals surface area contributed by atoms with Gasteiger partial charge < -0.3 is 0 Å². The van der Waals surface area contributed by atoms with Crippen LogP contribution in [0.3, 0.4) is 0 Å². The van der Waals surface area contributed by atoms with Crippen molar-refractivity contribution in [2.24, 2.45) is 17.3 Å². The van der Waals surface area contributed by atoms with Crippen LogP contribution >= 0.6 is 0 Å². The smallest absolute Gasteiger partial charge is 0.0334 e. The Kier molecular flexibility index (Phi) is 5.15. The fourth-order valence-electron chi connectivity index (χ4n) is 2.81. The van der Waals surface area contributed by atoms with Gasteiger partial charge in [-0.15, -0.1) is 0 Å². The fraction of sp³-hybridized carbons (Fsp3) is 1.00. The van der Waals surface area contributed by atoms with Gasteiger partial charge in [0.2, 0.25) is 0 Å². The Morgan fingerprint density at radius 3 is 2.07 bits per heavy atom. The summed E-state index contributed by atoms with van der Waals surface area (Å²) in [5.74, 6) is 2.12. The summed E-state index contributed by atoms with van der Waals surface area (Å²) >= 11 is 0. The molecule has 90 valence electrons. The zero-order chi connectivity index (χ0) is 11.3. The molecule has 0 heteroatoms. The summed E-state index contributed by atoms with van der Waals surface area (Å²) in [6.07, 6.45) is 11.7. The Morgan fingerprint density at radius 1 is 0.933 bits per heavy atom. The van der Waals surface area contributed by atoms with Gasteiger partial charge >= 0.3 is 0 Å². The SMILES string of the molecule is CCCCCCCCC1CC1C(C)(C)C. The molecule has 0 aromatic carbocycles. The van der Waals surface area contributed by atoms with E-state index >= 15 is 0 Å². The van der Waals surface area contributed by atoms with Crippen molar-refractivity contribution in [3.05, 3.63) is 0 Å². The van der Waals surface area contributed by atoms with Crippen LogP contribution in [0.5, 0.6) is 0 Å². The molecule has 1 fully saturated rings. The standard InChI is InChI=1S/C15H30/c1-5-6-7-8-9-10-11-13-12-14(13)15(2,3)4/h13-14H,5-12H2,1-4H3. The first-order valence-electron chi connectivity index (χ1n) is 7.05. The summed E-state index contributed by atoms with van der Waals surface area (Å²) < 4.78 is 0. The van der Waals surface area contributed by atoms with Crippen molar-refractivity contribution in [1.82, 2.24) is 0 Å². The molecular formula is C15H30. The first-order valence-corrected chi connectivity index (χ1v) is 7.05. The van der Waals surface area contributed by atoms with E-state index < -0.39 is 0 Å². The lowest BCUT2D eigenvalue weighted by atomic mass is 9.88. The van der Waals surface area contributed by atoms with Crippen molar-refractivity contribution in [3.8, 4) is 0 Å². The normalized spacial score (nSPS) is 25.6. The summed E-state index contributed by atoms with van der Waals surface area (Å²) in [5.41, 5.74) is 0.576. The van der Waals surface area contributed by atoms with Crippen LogP contribution in [0.4, 0.5) is 0 Å². The summed E-state index contributed by atoms with van der Waals surface area (Å²) in [6, 6.07) is 0. The van der Waals surface area contributed by atoms with Crippen molar-refractivity contribution in [2.75, 3.05) is 0 Å². The van der Waals surface area contributed by atoms with Crippen LogP contribution in [-0.4, -0.2) is 0 Å². The van der Waals surface area contributed by atoms with E-state index in [-0.39, 0.29) is 0 Å². The van der Waals surface area contributed by atoms with Crippen LogP contribution in [0, 0.1) is 17.3 Å². The van der Waals surface area contributed by atoms with Gasteiger partial charge in [0.25, 0.3) is 0 Å². The van der Waals surface area contributed by atoms with Crippen LogP contribution < -0.4 is 0 Å². The van der Waals surface area contributed by atoms with Gasteiger partial charge in [-0.1, -0.05) is 72.6 Å². The van der Waals surface area contributed by atoms with Gasteiger partial charge in [-0.05, 0) is 23.7 Å². The van der Waals surface area contributed by atoms with Gasteiger partial charge in [0.15, 0.2) is 0 Å². The van der Waals surface area contributed by atoms with E-state index in [1.165, 1.54) is 51.4 Å². The Balaban J connectivity index is 1.91. The van der Waals surface area contributed by atoms with E-state index in [2.05, 4.69) is 27.7 Å². The molecule has 0 radical (unpaired) electrons. The average molecular weight is 210 g/mol. The molecule has 0 aromatic rings. The van der Waals surface area contributed by atoms with Crippen molar-refractivity contribution in [2.45, 2.75) is 79.1 Å². The maximum atomic E-state index is 2.40. The third-order valence-electron chi connectivity index (χ3n) is 3.96. The Morgan fingerprint density at radius 2 is 1.53 bits per heavy atom. The molecular weight excluding hydrogens is 180 g/mol. The molecule has 0 saturated heterocycles. The maximum Gasteiger partial charge on any atom is -0.0334 e. The van der Waals surface area contributed by atoms with E-state index in [0.29, 0.717) is 5.41 Å². The number of hydrogen-bond donors (Lipinski definition) is 0. The minimum atomic E-state index is 0.576. The maximum absolute atomic E-state index is 2.40. The fourth-order valence-corrected chi connectivity index (χ4v) is 2.81. The monoisotopic (exact) mass is 210 g/mol. The molecule has 1 aliphatic carbocycles. The lowest BCUT2D eigenvalue weighted by Crippen LogP contribution is -2.09. The number of hydrogen-bond acceptors (Lipinski definition) is 0. The second-order valence-corrected chi connectivity index (χ2v) is 6.52. The van der Waals surface area contributed by atoms with Gasteiger partial charge in [0.1, 0.15) is 0 Å². The largest absolute Gasteiger partial charge is 0.0654 e. The second-order valence-electron chi connectivity index (χ2n) is 6.52. The minimum absolute atomic E-state index is 0.576. The van der Waals surface area contributed by atoms with E-state index in [9.17, 15) is 0 Å². The molecule has 0 aliphatic heterocycles. The van der Waals surface area contributed by atoms with E-state index in [4.69, 9.17) is 0 Å². The Bertz CT molecular complexity index is 163. The summed E-state index contributed by atoms with van der Waals surface area (Å²) in [4.78, 5) is 0. The zero-order valence-electron chi connectivity index (χ0n) is 11.3. The highest BCUT2D eigenvalue weighted by Gasteiger charge is 2.43. The average Bonchev–Trinajstić information content (AvgIpc) is 2.89. The lowest BCUT2D eigenvalue weighted by Gasteiger charge is -2.17. The third-order valence-corrected chi connectivity index (χ3v) is 3.96. The molecule has 0 nitrogen and oxygen atoms in total. The van der Waals surface area contributed by atoms with E-state index in [1.807, 2.05) is 0 Å². The number of unbranched alkanes of at least 4 members (excludes halogenated alkanes) is 5. The molecule has 0 amide bonds. The molecule has 2 unspecified atom stereocenters. The quantitative estimate of drug-likeness (QED) is 0.492. The molecule has 0 bridgehead atoms. The van der Waals surface area contributed by atoms with Crippen molar-refractivity contribution >= 4 is 0 Å². The zero-order valence-corrected chi connectivity index (χ0v) is 11.3. The van der Waals surface area contributed by atoms with Crippen LogP contribution in [-0.2, 0) is 0 Å². The molecule has 1 saturated carbocycles. The molecule has 1 aliphatic rings. The highest BCUT2D eigenvalue weighted by molar-refractivity contribution is 4.93. The molecule has 0 N–H and O–H groups in total. The van der Waals surface area contributed by atoms with Gasteiger partial charge in [-0.2, -0.15) is 0 Å². The van der Waals surface area contributed by atoms with Crippen molar-refractivity contribution < 1.29 is 0 Å². The van der Waals surface area contributed by atoms with Crippen LogP contribution in [0.1, 0.15) is 79.1 Å². The molecule has 2 atom stereocenters. The predicted octanol–water partition coefficient (Wildman–Crippen LogP) is 5.42. The van der Waals surface area contributed by atoms with Crippen LogP contribution in [0.15, 0.2) is 0 Å². The molecule has 15 heavy (non-hydrogen) atoms. The van der Waals surface area contributed by atoms with Crippen molar-refractivity contribution in [1.29, 1.82) is 0 Å². The first kappa shape index (κ1) is 13.1. The number of rotatable bonds is 7. The van der Waals surface area contributed by atoms with Gasteiger partial charge in [0.05, 0.1) is 0 Å². The summed E-state index contributed by atoms with van der Waals surface area (Å²) in [7, 11) is 0. The van der Waals surface area contributed by atoms with E-state index in [0.717, 1.165) is 11.8 Å². The predicted molar refractivity (Wildman–Crippen MR) is 69.0 cm³/mol. The van der Waals surface area contributed by atoms with Crippen molar-refractivity contribution in [3.63, 3.8) is 0 Å². The topological polar surface area (TPSA) is 0 Å². The summed E-state index contributed by atoms with van der Waals surface area (Å²) in [6.45, 7) is 9.49. The second kappa shape index (κ2) is 5.92. The van der Waals surface area contributed by atoms with Gasteiger partial charge in [-0.25, -0.2) is 0 Å². The highest BCUT2D eigenvalue weighted by Crippen LogP contribution is 2.52. The molecule has 1 rings (SSSR count). The van der Waals surface area contributed by atoms with Gasteiger partial charge in [-0.3, -0.25) is 0 Å². The highest BCUT2D eigenvalue weighted by atomic mass is 14.5. The third kappa shape index (κ3) is 5.04. The van der Waals surface area contributed by atoms with Crippen LogP contribution in [0.25, 0.3) is 0 Å². The molecule has 0 aromatic heterocycles. The van der Waals surface area contributed by atoms with E-state index in [1.54, 1.807) is 0 Å².